The van der Waals surface area contributed by atoms with E-state index in [0.717, 1.165) is 12.5 Å². The molecule has 0 aliphatic carbocycles. The first-order valence-electron chi connectivity index (χ1n) is 6.66. The minimum absolute atomic E-state index is 0. The highest BCUT2D eigenvalue weighted by Gasteiger charge is 2.29. The standard InChI is InChI=1S/C14H18F2N2O2.ClH/c15-10-5-9(6-11(16)7-10)3-4-18-14(19)13-2-1-12(8-17)20-13;/h5-7,12-13H,1-4,8,17H2,(H,18,19);1H/t12-,13+;/m1./s1. The number of rotatable bonds is 5. The van der Waals surface area contributed by atoms with Gasteiger partial charge in [-0.25, -0.2) is 8.78 Å². The molecular formula is C14H19ClF2N2O2. The highest BCUT2D eigenvalue weighted by atomic mass is 35.5. The highest BCUT2D eigenvalue weighted by molar-refractivity contribution is 5.85. The second-order valence-electron chi connectivity index (χ2n) is 4.88. The summed E-state index contributed by atoms with van der Waals surface area (Å²) in [4.78, 5) is 11.8. The van der Waals surface area contributed by atoms with Crippen molar-refractivity contribution in [3.05, 3.63) is 35.4 Å². The predicted molar refractivity (Wildman–Crippen MR) is 77.3 cm³/mol. The predicted octanol–water partition coefficient (Wildman–Crippen LogP) is 1.55. The lowest BCUT2D eigenvalue weighted by molar-refractivity contribution is -0.131. The van der Waals surface area contributed by atoms with Crippen LogP contribution < -0.4 is 11.1 Å². The van der Waals surface area contributed by atoms with Crippen LogP contribution in [0.4, 0.5) is 8.78 Å². The van der Waals surface area contributed by atoms with Crippen molar-refractivity contribution in [2.75, 3.05) is 13.1 Å². The fraction of sp³-hybridized carbons (Fsp3) is 0.500. The quantitative estimate of drug-likeness (QED) is 0.865. The van der Waals surface area contributed by atoms with Gasteiger partial charge in [-0.3, -0.25) is 4.79 Å². The van der Waals surface area contributed by atoms with Gasteiger partial charge in [-0.15, -0.1) is 12.4 Å². The van der Waals surface area contributed by atoms with Crippen LogP contribution in [0.5, 0.6) is 0 Å². The molecular weight excluding hydrogens is 302 g/mol. The second-order valence-corrected chi connectivity index (χ2v) is 4.88. The van der Waals surface area contributed by atoms with E-state index < -0.39 is 17.7 Å². The second kappa shape index (κ2) is 8.26. The molecule has 1 amide bonds. The Morgan fingerprint density at radius 3 is 2.52 bits per heavy atom. The average molecular weight is 321 g/mol. The number of ether oxygens (including phenoxy) is 1. The number of carbonyl (C=O) groups excluding carboxylic acids is 1. The number of halogens is 3. The zero-order valence-corrected chi connectivity index (χ0v) is 12.3. The molecule has 1 saturated heterocycles. The van der Waals surface area contributed by atoms with Gasteiger partial charge in [-0.1, -0.05) is 0 Å². The number of amides is 1. The molecule has 0 spiro atoms. The van der Waals surface area contributed by atoms with Crippen molar-refractivity contribution in [2.24, 2.45) is 5.73 Å². The summed E-state index contributed by atoms with van der Waals surface area (Å²) in [5.41, 5.74) is 5.98. The monoisotopic (exact) mass is 320 g/mol. The fourth-order valence-corrected chi connectivity index (χ4v) is 2.27. The maximum absolute atomic E-state index is 13.0. The van der Waals surface area contributed by atoms with Gasteiger partial charge in [-0.2, -0.15) is 0 Å². The Labute approximate surface area is 128 Å². The van der Waals surface area contributed by atoms with Gasteiger partial charge in [0, 0.05) is 19.2 Å². The van der Waals surface area contributed by atoms with Crippen LogP contribution in [0.2, 0.25) is 0 Å². The van der Waals surface area contributed by atoms with E-state index in [1.807, 2.05) is 0 Å². The van der Waals surface area contributed by atoms with E-state index in [2.05, 4.69) is 5.32 Å². The molecule has 118 valence electrons. The van der Waals surface area contributed by atoms with E-state index in [1.54, 1.807) is 0 Å². The largest absolute Gasteiger partial charge is 0.364 e. The lowest BCUT2D eigenvalue weighted by Crippen LogP contribution is -2.36. The molecule has 0 aromatic heterocycles. The molecule has 3 N–H and O–H groups in total. The Morgan fingerprint density at radius 1 is 1.29 bits per heavy atom. The molecule has 1 aromatic rings. The van der Waals surface area contributed by atoms with Crippen molar-refractivity contribution in [1.82, 2.24) is 5.32 Å². The SMILES string of the molecule is Cl.NC[C@H]1CC[C@@H](C(=O)NCCc2cc(F)cc(F)c2)O1. The molecule has 1 fully saturated rings. The first-order chi connectivity index (χ1) is 9.58. The normalized spacial score (nSPS) is 20.9. The van der Waals surface area contributed by atoms with E-state index in [1.165, 1.54) is 12.1 Å². The van der Waals surface area contributed by atoms with Crippen molar-refractivity contribution in [1.29, 1.82) is 0 Å². The van der Waals surface area contributed by atoms with E-state index in [-0.39, 0.29) is 24.4 Å². The zero-order chi connectivity index (χ0) is 14.5. The maximum Gasteiger partial charge on any atom is 0.249 e. The minimum atomic E-state index is -0.615. The molecule has 0 bridgehead atoms. The molecule has 0 saturated carbocycles. The fourth-order valence-electron chi connectivity index (χ4n) is 2.27. The van der Waals surface area contributed by atoms with Gasteiger partial charge in [0.05, 0.1) is 6.10 Å². The van der Waals surface area contributed by atoms with Crippen molar-refractivity contribution in [3.8, 4) is 0 Å². The van der Waals surface area contributed by atoms with Crippen LogP contribution in [0.25, 0.3) is 0 Å². The summed E-state index contributed by atoms with van der Waals surface area (Å²) < 4.78 is 31.4. The Morgan fingerprint density at radius 2 is 1.95 bits per heavy atom. The van der Waals surface area contributed by atoms with Gasteiger partial charge >= 0.3 is 0 Å². The van der Waals surface area contributed by atoms with Crippen LogP contribution in [0.15, 0.2) is 18.2 Å². The van der Waals surface area contributed by atoms with Gasteiger partial charge in [-0.05, 0) is 37.0 Å². The first kappa shape index (κ1) is 17.8. The average Bonchev–Trinajstić information content (AvgIpc) is 2.86. The number of carbonyl (C=O) groups is 1. The third-order valence-electron chi connectivity index (χ3n) is 3.30. The van der Waals surface area contributed by atoms with Crippen LogP contribution in [-0.4, -0.2) is 31.2 Å². The van der Waals surface area contributed by atoms with E-state index in [0.29, 0.717) is 31.5 Å². The topological polar surface area (TPSA) is 64.4 Å². The van der Waals surface area contributed by atoms with Gasteiger partial charge in [0.25, 0.3) is 0 Å². The van der Waals surface area contributed by atoms with Crippen LogP contribution >= 0.6 is 12.4 Å². The molecule has 21 heavy (non-hydrogen) atoms. The summed E-state index contributed by atoms with van der Waals surface area (Å²) in [6.45, 7) is 0.723. The lowest BCUT2D eigenvalue weighted by Gasteiger charge is -2.12. The molecule has 1 aromatic carbocycles. The smallest absolute Gasteiger partial charge is 0.249 e. The van der Waals surface area contributed by atoms with Gasteiger partial charge in [0.15, 0.2) is 0 Å². The summed E-state index contributed by atoms with van der Waals surface area (Å²) in [7, 11) is 0. The number of hydrogen-bond donors (Lipinski definition) is 2. The third kappa shape index (κ3) is 5.22. The molecule has 0 radical (unpaired) electrons. The number of benzene rings is 1. The molecule has 2 atom stereocenters. The lowest BCUT2D eigenvalue weighted by atomic mass is 10.1. The molecule has 1 aliphatic rings. The number of nitrogens with one attached hydrogen (secondary N) is 1. The van der Waals surface area contributed by atoms with Crippen molar-refractivity contribution in [3.63, 3.8) is 0 Å². The Kier molecular flexibility index (Phi) is 7.01. The highest BCUT2D eigenvalue weighted by Crippen LogP contribution is 2.18. The number of hydrogen-bond acceptors (Lipinski definition) is 3. The maximum atomic E-state index is 13.0. The van der Waals surface area contributed by atoms with Gasteiger partial charge < -0.3 is 15.8 Å². The molecule has 2 rings (SSSR count). The van der Waals surface area contributed by atoms with Gasteiger partial charge in [0.2, 0.25) is 5.91 Å². The van der Waals surface area contributed by atoms with E-state index >= 15 is 0 Å². The van der Waals surface area contributed by atoms with Crippen molar-refractivity contribution >= 4 is 18.3 Å². The molecule has 7 heteroatoms. The van der Waals surface area contributed by atoms with Crippen LogP contribution in [0.1, 0.15) is 18.4 Å². The zero-order valence-electron chi connectivity index (χ0n) is 11.5. The van der Waals surface area contributed by atoms with Crippen LogP contribution in [-0.2, 0) is 16.0 Å². The Balaban J connectivity index is 0.00000220. The van der Waals surface area contributed by atoms with Crippen LogP contribution in [0, 0.1) is 11.6 Å². The Bertz CT molecular complexity index is 468. The first-order valence-corrected chi connectivity index (χ1v) is 6.66. The molecule has 4 nitrogen and oxygen atoms in total. The summed E-state index contributed by atoms with van der Waals surface area (Å²) >= 11 is 0. The van der Waals surface area contributed by atoms with Gasteiger partial charge in [0.1, 0.15) is 17.7 Å². The molecule has 0 unspecified atom stereocenters. The van der Waals surface area contributed by atoms with Crippen molar-refractivity contribution in [2.45, 2.75) is 31.5 Å². The van der Waals surface area contributed by atoms with Crippen LogP contribution in [0.3, 0.4) is 0 Å². The summed E-state index contributed by atoms with van der Waals surface area (Å²) in [6.07, 6.45) is 1.29. The molecule has 1 heterocycles. The third-order valence-corrected chi connectivity index (χ3v) is 3.30. The number of nitrogens with two attached hydrogens (primary N) is 1. The summed E-state index contributed by atoms with van der Waals surface area (Å²) in [5.74, 6) is -1.43. The molecule has 1 aliphatic heterocycles. The summed E-state index contributed by atoms with van der Waals surface area (Å²) in [5, 5.41) is 2.71. The minimum Gasteiger partial charge on any atom is -0.364 e. The summed E-state index contributed by atoms with van der Waals surface area (Å²) in [6, 6.07) is 3.33. The van der Waals surface area contributed by atoms with E-state index in [4.69, 9.17) is 10.5 Å². The van der Waals surface area contributed by atoms with E-state index in [9.17, 15) is 13.6 Å². The van der Waals surface area contributed by atoms with Crippen molar-refractivity contribution < 1.29 is 18.3 Å². The Hall–Kier alpha value is -1.24.